The van der Waals surface area contributed by atoms with Gasteiger partial charge in [0.05, 0.1) is 0 Å². The fourth-order valence-corrected chi connectivity index (χ4v) is 3.00. The van der Waals surface area contributed by atoms with Crippen LogP contribution >= 0.6 is 0 Å². The van der Waals surface area contributed by atoms with Crippen molar-refractivity contribution in [2.24, 2.45) is 0 Å². The summed E-state index contributed by atoms with van der Waals surface area (Å²) in [5.41, 5.74) is 0.159. The molecule has 1 atom stereocenters. The molecule has 130 valence electrons. The van der Waals surface area contributed by atoms with Gasteiger partial charge in [-0.3, -0.25) is 9.36 Å². The molecule has 1 aliphatic heterocycles. The summed E-state index contributed by atoms with van der Waals surface area (Å²) in [5, 5.41) is 9.47. The van der Waals surface area contributed by atoms with Gasteiger partial charge in [-0.15, -0.1) is 0 Å². The van der Waals surface area contributed by atoms with Crippen LogP contribution in [0.25, 0.3) is 5.88 Å². The van der Waals surface area contributed by atoms with E-state index in [0.717, 1.165) is 12.8 Å². The SMILES string of the molecule is Cc1oc(-n2cccc2)c(C#N)c1C(=O)O[C@@H](C)C(=O)N1CCCC1. The Bertz CT molecular complexity index is 823. The summed E-state index contributed by atoms with van der Waals surface area (Å²) < 4.78 is 12.5. The lowest BCUT2D eigenvalue weighted by Gasteiger charge is -2.20. The minimum absolute atomic E-state index is 0.0623. The molecule has 0 unspecified atom stereocenters. The maximum atomic E-state index is 12.5. The number of esters is 1. The van der Waals surface area contributed by atoms with E-state index < -0.39 is 12.1 Å². The summed E-state index contributed by atoms with van der Waals surface area (Å²) in [5.74, 6) is -0.395. The number of ether oxygens (including phenoxy) is 1. The van der Waals surface area contributed by atoms with Crippen molar-refractivity contribution in [1.82, 2.24) is 9.47 Å². The van der Waals surface area contributed by atoms with Gasteiger partial charge < -0.3 is 14.1 Å². The molecule has 0 radical (unpaired) electrons. The molecule has 0 bridgehead atoms. The molecule has 0 aromatic carbocycles. The smallest absolute Gasteiger partial charge is 0.343 e. The molecule has 0 aliphatic carbocycles. The van der Waals surface area contributed by atoms with Gasteiger partial charge in [0.25, 0.3) is 5.91 Å². The molecule has 1 aliphatic rings. The number of nitriles is 1. The summed E-state index contributed by atoms with van der Waals surface area (Å²) >= 11 is 0. The number of carbonyl (C=O) groups excluding carboxylic acids is 2. The molecule has 3 heterocycles. The Morgan fingerprint density at radius 1 is 1.28 bits per heavy atom. The molecule has 1 amide bonds. The summed E-state index contributed by atoms with van der Waals surface area (Å²) in [6.07, 6.45) is 4.46. The fraction of sp³-hybridized carbons (Fsp3) is 0.389. The van der Waals surface area contributed by atoms with E-state index in [1.807, 2.05) is 6.07 Å². The normalized spacial score (nSPS) is 15.0. The molecule has 0 saturated carbocycles. The highest BCUT2D eigenvalue weighted by molar-refractivity contribution is 5.96. The molecule has 3 rings (SSSR count). The first-order valence-corrected chi connectivity index (χ1v) is 8.19. The topological polar surface area (TPSA) is 88.5 Å². The molecular weight excluding hydrogens is 322 g/mol. The number of hydrogen-bond donors (Lipinski definition) is 0. The summed E-state index contributed by atoms with van der Waals surface area (Å²) in [4.78, 5) is 26.5. The maximum absolute atomic E-state index is 12.5. The largest absolute Gasteiger partial charge is 0.449 e. The van der Waals surface area contributed by atoms with Gasteiger partial charge in [0.2, 0.25) is 5.88 Å². The number of rotatable bonds is 4. The lowest BCUT2D eigenvalue weighted by molar-refractivity contribution is -0.138. The van der Waals surface area contributed by atoms with Crippen LogP contribution in [-0.2, 0) is 9.53 Å². The van der Waals surface area contributed by atoms with E-state index in [0.29, 0.717) is 13.1 Å². The molecule has 7 nitrogen and oxygen atoms in total. The lowest BCUT2D eigenvalue weighted by Crippen LogP contribution is -2.38. The number of hydrogen-bond acceptors (Lipinski definition) is 5. The van der Waals surface area contributed by atoms with Crippen LogP contribution in [0.3, 0.4) is 0 Å². The van der Waals surface area contributed by atoms with Crippen molar-refractivity contribution < 1.29 is 18.7 Å². The second-order valence-electron chi connectivity index (χ2n) is 6.00. The van der Waals surface area contributed by atoms with E-state index in [9.17, 15) is 14.9 Å². The first-order valence-electron chi connectivity index (χ1n) is 8.19. The number of aryl methyl sites for hydroxylation is 1. The monoisotopic (exact) mass is 341 g/mol. The minimum Gasteiger partial charge on any atom is -0.449 e. The maximum Gasteiger partial charge on any atom is 0.343 e. The summed E-state index contributed by atoms with van der Waals surface area (Å²) in [7, 11) is 0. The molecule has 1 fully saturated rings. The van der Waals surface area contributed by atoms with Crippen molar-refractivity contribution in [1.29, 1.82) is 5.26 Å². The van der Waals surface area contributed by atoms with Crippen LogP contribution < -0.4 is 0 Å². The zero-order chi connectivity index (χ0) is 18.0. The zero-order valence-electron chi connectivity index (χ0n) is 14.2. The number of nitrogens with zero attached hydrogens (tertiary/aromatic N) is 3. The standard InChI is InChI=1S/C18H19N3O4/c1-12-15(14(11-19)17(24-12)21-9-5-6-10-21)18(23)25-13(2)16(22)20-7-3-4-8-20/h5-6,9-10,13H,3-4,7-8H2,1-2H3/t13-/m0/s1. The van der Waals surface area contributed by atoms with Crippen molar-refractivity contribution in [3.05, 3.63) is 41.4 Å². The Labute approximate surface area is 145 Å². The van der Waals surface area contributed by atoms with Gasteiger partial charge in [-0.05, 0) is 38.8 Å². The van der Waals surface area contributed by atoms with Crippen molar-refractivity contribution in [3.8, 4) is 12.0 Å². The Kier molecular flexibility index (Phi) is 4.61. The van der Waals surface area contributed by atoms with Crippen LogP contribution in [0, 0.1) is 18.3 Å². The third-order valence-electron chi connectivity index (χ3n) is 4.27. The molecular formula is C18H19N3O4. The van der Waals surface area contributed by atoms with E-state index in [2.05, 4.69) is 0 Å². The quantitative estimate of drug-likeness (QED) is 0.797. The Morgan fingerprint density at radius 2 is 1.92 bits per heavy atom. The number of furan rings is 1. The average molecular weight is 341 g/mol. The first kappa shape index (κ1) is 16.8. The van der Waals surface area contributed by atoms with Crippen molar-refractivity contribution in [2.75, 3.05) is 13.1 Å². The molecule has 2 aromatic heterocycles. The molecule has 25 heavy (non-hydrogen) atoms. The van der Waals surface area contributed by atoms with Crippen LogP contribution in [0.4, 0.5) is 0 Å². The third kappa shape index (κ3) is 3.15. The molecule has 2 aromatic rings. The van der Waals surface area contributed by atoms with Gasteiger partial charge >= 0.3 is 5.97 Å². The molecule has 1 saturated heterocycles. The van der Waals surface area contributed by atoms with Gasteiger partial charge in [-0.25, -0.2) is 4.79 Å². The molecule has 0 N–H and O–H groups in total. The summed E-state index contributed by atoms with van der Waals surface area (Å²) in [6, 6.07) is 5.57. The van der Waals surface area contributed by atoms with Crippen LogP contribution in [0.5, 0.6) is 0 Å². The number of amides is 1. The Hall–Kier alpha value is -3.01. The van der Waals surface area contributed by atoms with Crippen molar-refractivity contribution in [3.63, 3.8) is 0 Å². The van der Waals surface area contributed by atoms with Crippen molar-refractivity contribution >= 4 is 11.9 Å². The number of likely N-dealkylation sites (tertiary alicyclic amines) is 1. The average Bonchev–Trinajstić information content (AvgIpc) is 3.33. The minimum atomic E-state index is -0.901. The van der Waals surface area contributed by atoms with Gasteiger partial charge in [0.15, 0.2) is 6.10 Å². The van der Waals surface area contributed by atoms with E-state index in [1.165, 1.54) is 0 Å². The Balaban J connectivity index is 1.82. The van der Waals surface area contributed by atoms with Crippen molar-refractivity contribution in [2.45, 2.75) is 32.8 Å². The Morgan fingerprint density at radius 3 is 2.52 bits per heavy atom. The lowest BCUT2D eigenvalue weighted by atomic mass is 10.1. The van der Waals surface area contributed by atoms with E-state index in [1.54, 1.807) is 47.8 Å². The van der Waals surface area contributed by atoms with Crippen LogP contribution in [0.2, 0.25) is 0 Å². The van der Waals surface area contributed by atoms with E-state index in [-0.39, 0.29) is 28.7 Å². The van der Waals surface area contributed by atoms with E-state index >= 15 is 0 Å². The molecule has 0 spiro atoms. The van der Waals surface area contributed by atoms with Crippen LogP contribution in [0.15, 0.2) is 28.9 Å². The second-order valence-corrected chi connectivity index (χ2v) is 6.00. The predicted octanol–water partition coefficient (Wildman–Crippen LogP) is 2.42. The second kappa shape index (κ2) is 6.85. The fourth-order valence-electron chi connectivity index (χ4n) is 3.00. The van der Waals surface area contributed by atoms with Crippen LogP contribution in [-0.4, -0.2) is 40.5 Å². The zero-order valence-corrected chi connectivity index (χ0v) is 14.2. The van der Waals surface area contributed by atoms with Gasteiger partial charge in [0, 0.05) is 25.5 Å². The highest BCUT2D eigenvalue weighted by atomic mass is 16.5. The van der Waals surface area contributed by atoms with Gasteiger partial charge in [-0.1, -0.05) is 0 Å². The highest BCUT2D eigenvalue weighted by Gasteiger charge is 2.30. The third-order valence-corrected chi connectivity index (χ3v) is 4.27. The number of aromatic nitrogens is 1. The molecule has 7 heteroatoms. The highest BCUT2D eigenvalue weighted by Crippen LogP contribution is 2.26. The van der Waals surface area contributed by atoms with Gasteiger partial charge in [0.1, 0.15) is 23.0 Å². The van der Waals surface area contributed by atoms with E-state index in [4.69, 9.17) is 9.15 Å². The first-order chi connectivity index (χ1) is 12.0. The summed E-state index contributed by atoms with van der Waals surface area (Å²) in [6.45, 7) is 4.52. The number of carbonyl (C=O) groups is 2. The van der Waals surface area contributed by atoms with Crippen LogP contribution in [0.1, 0.15) is 41.4 Å². The predicted molar refractivity (Wildman–Crippen MR) is 88.2 cm³/mol. The van der Waals surface area contributed by atoms with Gasteiger partial charge in [-0.2, -0.15) is 5.26 Å².